The molecule has 1 amide bonds. The molecule has 0 radical (unpaired) electrons. The SMILES string of the molecule is Cc1cc(Br)c(NC(=O)Cc2ccccc2N)cc1Cl. The van der Waals surface area contributed by atoms with Gasteiger partial charge in [0.05, 0.1) is 12.1 Å². The highest BCUT2D eigenvalue weighted by Gasteiger charge is 2.10. The van der Waals surface area contributed by atoms with Gasteiger partial charge in [-0.1, -0.05) is 29.8 Å². The fourth-order valence-electron chi connectivity index (χ4n) is 1.80. The maximum atomic E-state index is 12.1. The summed E-state index contributed by atoms with van der Waals surface area (Å²) >= 11 is 9.47. The van der Waals surface area contributed by atoms with Crippen molar-refractivity contribution in [3.8, 4) is 0 Å². The van der Waals surface area contributed by atoms with Gasteiger partial charge >= 0.3 is 0 Å². The number of hydrogen-bond donors (Lipinski definition) is 2. The lowest BCUT2D eigenvalue weighted by Gasteiger charge is -2.10. The highest BCUT2D eigenvalue weighted by molar-refractivity contribution is 9.10. The van der Waals surface area contributed by atoms with Gasteiger partial charge < -0.3 is 11.1 Å². The Kier molecular flexibility index (Phi) is 4.68. The van der Waals surface area contributed by atoms with Crippen molar-refractivity contribution in [2.75, 3.05) is 11.1 Å². The van der Waals surface area contributed by atoms with Crippen molar-refractivity contribution in [1.82, 2.24) is 0 Å². The summed E-state index contributed by atoms with van der Waals surface area (Å²) in [6.45, 7) is 1.91. The summed E-state index contributed by atoms with van der Waals surface area (Å²) in [4.78, 5) is 12.1. The second kappa shape index (κ2) is 6.29. The molecule has 2 aromatic carbocycles. The third-order valence-electron chi connectivity index (χ3n) is 2.93. The molecule has 0 aliphatic rings. The molecule has 5 heteroatoms. The van der Waals surface area contributed by atoms with Gasteiger partial charge in [-0.2, -0.15) is 0 Å². The Balaban J connectivity index is 2.13. The van der Waals surface area contributed by atoms with Crippen molar-refractivity contribution in [3.63, 3.8) is 0 Å². The molecule has 0 heterocycles. The number of benzene rings is 2. The van der Waals surface area contributed by atoms with Crippen LogP contribution in [0.3, 0.4) is 0 Å². The molecule has 0 saturated carbocycles. The lowest BCUT2D eigenvalue weighted by atomic mass is 10.1. The highest BCUT2D eigenvalue weighted by Crippen LogP contribution is 2.29. The van der Waals surface area contributed by atoms with Gasteiger partial charge in [0.2, 0.25) is 5.91 Å². The molecule has 2 rings (SSSR count). The Bertz CT molecular complexity index is 658. The molecule has 0 fully saturated rings. The number of halogens is 2. The van der Waals surface area contributed by atoms with Crippen LogP contribution in [0.25, 0.3) is 0 Å². The van der Waals surface area contributed by atoms with Crippen LogP contribution in [0.15, 0.2) is 40.9 Å². The Morgan fingerprint density at radius 1 is 1.35 bits per heavy atom. The smallest absolute Gasteiger partial charge is 0.228 e. The van der Waals surface area contributed by atoms with E-state index in [1.807, 2.05) is 31.2 Å². The summed E-state index contributed by atoms with van der Waals surface area (Å²) in [5.41, 5.74) is 8.85. The van der Waals surface area contributed by atoms with Gasteiger partial charge in [-0.15, -0.1) is 0 Å². The van der Waals surface area contributed by atoms with Crippen LogP contribution >= 0.6 is 27.5 Å². The number of rotatable bonds is 3. The minimum Gasteiger partial charge on any atom is -0.398 e. The van der Waals surface area contributed by atoms with E-state index in [1.54, 1.807) is 12.1 Å². The van der Waals surface area contributed by atoms with Crippen LogP contribution in [0.2, 0.25) is 5.02 Å². The van der Waals surface area contributed by atoms with Crippen LogP contribution in [0, 0.1) is 6.92 Å². The third kappa shape index (κ3) is 3.52. The van der Waals surface area contributed by atoms with Gasteiger partial charge in [-0.25, -0.2) is 0 Å². The van der Waals surface area contributed by atoms with Crippen molar-refractivity contribution in [3.05, 3.63) is 57.0 Å². The molecule has 3 N–H and O–H groups in total. The summed E-state index contributed by atoms with van der Waals surface area (Å²) in [6, 6.07) is 10.9. The Morgan fingerprint density at radius 2 is 2.05 bits per heavy atom. The van der Waals surface area contributed by atoms with E-state index in [4.69, 9.17) is 17.3 Å². The van der Waals surface area contributed by atoms with Crippen molar-refractivity contribution in [2.45, 2.75) is 13.3 Å². The standard InChI is InChI=1S/C15H14BrClN2O/c1-9-6-11(16)14(8-12(9)17)19-15(20)7-10-4-2-3-5-13(10)18/h2-6,8H,7,18H2,1H3,(H,19,20). The maximum absolute atomic E-state index is 12.1. The van der Waals surface area contributed by atoms with Gasteiger partial charge in [-0.05, 0) is 52.2 Å². The predicted molar refractivity (Wildman–Crippen MR) is 87.1 cm³/mol. The number of carbonyl (C=O) groups is 1. The number of para-hydroxylation sites is 1. The molecule has 0 spiro atoms. The molecule has 20 heavy (non-hydrogen) atoms. The van der Waals surface area contributed by atoms with Crippen LogP contribution in [-0.4, -0.2) is 5.91 Å². The van der Waals surface area contributed by atoms with Gasteiger partial charge in [0.1, 0.15) is 0 Å². The zero-order chi connectivity index (χ0) is 14.7. The lowest BCUT2D eigenvalue weighted by Crippen LogP contribution is -2.15. The van der Waals surface area contributed by atoms with E-state index in [9.17, 15) is 4.79 Å². The summed E-state index contributed by atoms with van der Waals surface area (Å²) < 4.78 is 0.800. The van der Waals surface area contributed by atoms with Gasteiger partial charge in [-0.3, -0.25) is 4.79 Å². The highest BCUT2D eigenvalue weighted by atomic mass is 79.9. The summed E-state index contributed by atoms with van der Waals surface area (Å²) in [5, 5.41) is 3.44. The van der Waals surface area contributed by atoms with E-state index in [0.29, 0.717) is 16.4 Å². The van der Waals surface area contributed by atoms with E-state index >= 15 is 0 Å². The first-order valence-electron chi connectivity index (χ1n) is 6.06. The Labute approximate surface area is 131 Å². The van der Waals surface area contributed by atoms with Crippen molar-refractivity contribution in [2.24, 2.45) is 0 Å². The molecule has 0 unspecified atom stereocenters. The van der Waals surface area contributed by atoms with Gasteiger partial charge in [0.15, 0.2) is 0 Å². The molecular weight excluding hydrogens is 340 g/mol. The monoisotopic (exact) mass is 352 g/mol. The fraction of sp³-hybridized carbons (Fsp3) is 0.133. The molecular formula is C15H14BrClN2O. The van der Waals surface area contributed by atoms with E-state index < -0.39 is 0 Å². The topological polar surface area (TPSA) is 55.1 Å². The number of anilines is 2. The Hall–Kier alpha value is -1.52. The average molecular weight is 354 g/mol. The fourth-order valence-corrected chi connectivity index (χ4v) is 2.53. The molecule has 0 atom stereocenters. The van der Waals surface area contributed by atoms with Gasteiger partial charge in [0.25, 0.3) is 0 Å². The van der Waals surface area contributed by atoms with Crippen molar-refractivity contribution in [1.29, 1.82) is 0 Å². The molecule has 0 aromatic heterocycles. The molecule has 0 saturated heterocycles. The number of nitrogens with two attached hydrogens (primary N) is 1. The van der Waals surface area contributed by atoms with E-state index in [-0.39, 0.29) is 12.3 Å². The second-order valence-electron chi connectivity index (χ2n) is 4.51. The van der Waals surface area contributed by atoms with Crippen LogP contribution in [0.5, 0.6) is 0 Å². The lowest BCUT2D eigenvalue weighted by molar-refractivity contribution is -0.115. The normalized spacial score (nSPS) is 10.3. The molecule has 104 valence electrons. The van der Waals surface area contributed by atoms with Crippen LogP contribution in [0.1, 0.15) is 11.1 Å². The number of amides is 1. The number of carbonyl (C=O) groups excluding carboxylic acids is 1. The molecule has 0 aliphatic carbocycles. The number of nitrogen functional groups attached to an aromatic ring is 1. The van der Waals surface area contributed by atoms with E-state index in [1.165, 1.54) is 0 Å². The quantitative estimate of drug-likeness (QED) is 0.814. The number of aryl methyl sites for hydroxylation is 1. The molecule has 3 nitrogen and oxygen atoms in total. The first-order chi connectivity index (χ1) is 9.47. The molecule has 2 aromatic rings. The maximum Gasteiger partial charge on any atom is 0.228 e. The third-order valence-corrected chi connectivity index (χ3v) is 3.99. The molecule has 0 aliphatic heterocycles. The van der Waals surface area contributed by atoms with Crippen molar-refractivity contribution < 1.29 is 4.79 Å². The van der Waals surface area contributed by atoms with Crippen LogP contribution in [0.4, 0.5) is 11.4 Å². The van der Waals surface area contributed by atoms with E-state index in [0.717, 1.165) is 15.6 Å². The van der Waals surface area contributed by atoms with Crippen molar-refractivity contribution >= 4 is 44.8 Å². The first kappa shape index (κ1) is 14.9. The van der Waals surface area contributed by atoms with Crippen LogP contribution < -0.4 is 11.1 Å². The second-order valence-corrected chi connectivity index (χ2v) is 5.77. The average Bonchev–Trinajstić information content (AvgIpc) is 2.39. The van der Waals surface area contributed by atoms with E-state index in [2.05, 4.69) is 21.2 Å². The minimum absolute atomic E-state index is 0.136. The minimum atomic E-state index is -0.136. The predicted octanol–water partition coefficient (Wildman–Crippen LogP) is 4.17. The van der Waals surface area contributed by atoms with Crippen LogP contribution in [-0.2, 0) is 11.2 Å². The molecule has 0 bridgehead atoms. The zero-order valence-electron chi connectivity index (χ0n) is 10.9. The summed E-state index contributed by atoms with van der Waals surface area (Å²) in [5.74, 6) is -0.136. The largest absolute Gasteiger partial charge is 0.398 e. The first-order valence-corrected chi connectivity index (χ1v) is 7.23. The number of nitrogens with one attached hydrogen (secondary N) is 1. The summed E-state index contributed by atoms with van der Waals surface area (Å²) in [7, 11) is 0. The zero-order valence-corrected chi connectivity index (χ0v) is 13.3. The summed E-state index contributed by atoms with van der Waals surface area (Å²) in [6.07, 6.45) is 0.227. The van der Waals surface area contributed by atoms with Gasteiger partial charge in [0, 0.05) is 15.2 Å². The Morgan fingerprint density at radius 3 is 2.75 bits per heavy atom. The number of hydrogen-bond acceptors (Lipinski definition) is 2.